The molecule has 2 aliphatic carbocycles. The highest BCUT2D eigenvalue weighted by atomic mass is 16.5. The molecule has 2 aliphatic rings. The zero-order valence-corrected chi connectivity index (χ0v) is 14.2. The van der Waals surface area contributed by atoms with Crippen molar-refractivity contribution in [2.75, 3.05) is 13.2 Å². The molecule has 4 heteroatoms. The largest absolute Gasteiger partial charge is 0.465 e. The van der Waals surface area contributed by atoms with Gasteiger partial charge in [-0.2, -0.15) is 0 Å². The molecule has 0 radical (unpaired) electrons. The summed E-state index contributed by atoms with van der Waals surface area (Å²) in [5.74, 6) is 0.426. The zero-order chi connectivity index (χ0) is 15.9. The van der Waals surface area contributed by atoms with E-state index in [9.17, 15) is 4.79 Å². The second-order valence-corrected chi connectivity index (χ2v) is 7.86. The van der Waals surface area contributed by atoms with Gasteiger partial charge in [-0.1, -0.05) is 20.8 Å². The molecule has 2 N–H and O–H groups in total. The first-order chi connectivity index (χ1) is 9.65. The summed E-state index contributed by atoms with van der Waals surface area (Å²) in [5.41, 5.74) is 5.69. The Kier molecular flexibility index (Phi) is 4.42. The third-order valence-electron chi connectivity index (χ3n) is 6.40. The van der Waals surface area contributed by atoms with E-state index >= 15 is 0 Å². The Hall–Kier alpha value is -0.610. The van der Waals surface area contributed by atoms with Gasteiger partial charge in [0.25, 0.3) is 0 Å². The summed E-state index contributed by atoms with van der Waals surface area (Å²) >= 11 is 0. The number of carbonyl (C=O) groups excluding carboxylic acids is 1. The van der Waals surface area contributed by atoms with Gasteiger partial charge in [0.1, 0.15) is 5.54 Å². The topological polar surface area (TPSA) is 61.5 Å². The van der Waals surface area contributed by atoms with Gasteiger partial charge in [0.05, 0.1) is 12.7 Å². The van der Waals surface area contributed by atoms with Crippen LogP contribution in [0.5, 0.6) is 0 Å². The SMILES string of the molecule is CCOC(=O)C(C)(N)CCOC1CC2CCC1(C)C2(C)C. The molecule has 0 aromatic rings. The number of esters is 1. The number of nitrogens with two attached hydrogens (primary N) is 1. The van der Waals surface area contributed by atoms with Crippen LogP contribution < -0.4 is 5.73 Å². The second-order valence-electron chi connectivity index (χ2n) is 7.86. The number of hydrogen-bond donors (Lipinski definition) is 1. The molecular formula is C17H31NO3. The first-order valence-corrected chi connectivity index (χ1v) is 8.23. The maximum absolute atomic E-state index is 11.8. The summed E-state index contributed by atoms with van der Waals surface area (Å²) in [6.07, 6.45) is 4.51. The average molecular weight is 297 g/mol. The van der Waals surface area contributed by atoms with Crippen LogP contribution in [0.3, 0.4) is 0 Å². The summed E-state index contributed by atoms with van der Waals surface area (Å²) in [5, 5.41) is 0. The minimum atomic E-state index is -0.954. The monoisotopic (exact) mass is 297 g/mol. The quantitative estimate of drug-likeness (QED) is 0.766. The molecule has 21 heavy (non-hydrogen) atoms. The molecule has 0 amide bonds. The van der Waals surface area contributed by atoms with Gasteiger partial charge in [-0.3, -0.25) is 4.79 Å². The molecule has 0 aromatic heterocycles. The van der Waals surface area contributed by atoms with Crippen LogP contribution in [0.15, 0.2) is 0 Å². The molecule has 0 spiro atoms. The molecular weight excluding hydrogens is 266 g/mol. The molecule has 2 fully saturated rings. The molecule has 2 saturated carbocycles. The molecule has 0 heterocycles. The van der Waals surface area contributed by atoms with Gasteiger partial charge < -0.3 is 15.2 Å². The fraction of sp³-hybridized carbons (Fsp3) is 0.941. The lowest BCUT2D eigenvalue weighted by Crippen LogP contribution is -2.47. The van der Waals surface area contributed by atoms with Crippen LogP contribution in [0.25, 0.3) is 0 Å². The van der Waals surface area contributed by atoms with E-state index in [-0.39, 0.29) is 11.4 Å². The molecule has 4 atom stereocenters. The van der Waals surface area contributed by atoms with Crippen LogP contribution in [0.4, 0.5) is 0 Å². The minimum absolute atomic E-state index is 0.257. The molecule has 2 rings (SSSR count). The Morgan fingerprint density at radius 1 is 1.38 bits per heavy atom. The van der Waals surface area contributed by atoms with E-state index < -0.39 is 5.54 Å². The molecule has 2 bridgehead atoms. The van der Waals surface area contributed by atoms with Crippen LogP contribution in [-0.4, -0.2) is 30.8 Å². The molecule has 0 aliphatic heterocycles. The van der Waals surface area contributed by atoms with Gasteiger partial charge >= 0.3 is 5.97 Å². The van der Waals surface area contributed by atoms with Gasteiger partial charge in [0.15, 0.2) is 0 Å². The summed E-state index contributed by atoms with van der Waals surface area (Å²) in [6.45, 7) is 11.5. The lowest BCUT2D eigenvalue weighted by atomic mass is 9.70. The van der Waals surface area contributed by atoms with Crippen molar-refractivity contribution in [3.8, 4) is 0 Å². The number of carbonyl (C=O) groups is 1. The Morgan fingerprint density at radius 2 is 2.05 bits per heavy atom. The van der Waals surface area contributed by atoms with E-state index in [1.54, 1.807) is 13.8 Å². The van der Waals surface area contributed by atoms with Gasteiger partial charge in [-0.25, -0.2) is 0 Å². The molecule has 122 valence electrons. The van der Waals surface area contributed by atoms with Crippen LogP contribution >= 0.6 is 0 Å². The van der Waals surface area contributed by atoms with Crippen molar-refractivity contribution in [3.05, 3.63) is 0 Å². The highest BCUT2D eigenvalue weighted by Gasteiger charge is 2.61. The molecule has 0 saturated heterocycles. The highest BCUT2D eigenvalue weighted by molar-refractivity contribution is 5.79. The van der Waals surface area contributed by atoms with E-state index in [0.29, 0.717) is 31.2 Å². The minimum Gasteiger partial charge on any atom is -0.465 e. The van der Waals surface area contributed by atoms with Crippen molar-refractivity contribution in [1.82, 2.24) is 0 Å². The maximum atomic E-state index is 11.8. The summed E-state index contributed by atoms with van der Waals surface area (Å²) < 4.78 is 11.2. The number of fused-ring (bicyclic) bond motifs is 2. The predicted octanol–water partition coefficient (Wildman–Crippen LogP) is 2.89. The molecule has 4 unspecified atom stereocenters. The van der Waals surface area contributed by atoms with Crippen LogP contribution in [-0.2, 0) is 14.3 Å². The Bertz CT molecular complexity index is 405. The smallest absolute Gasteiger partial charge is 0.325 e. The van der Waals surface area contributed by atoms with Gasteiger partial charge in [0, 0.05) is 6.61 Å². The first kappa shape index (κ1) is 16.8. The number of ether oxygens (including phenoxy) is 2. The van der Waals surface area contributed by atoms with Crippen molar-refractivity contribution in [1.29, 1.82) is 0 Å². The average Bonchev–Trinajstić information content (AvgIpc) is 2.72. The maximum Gasteiger partial charge on any atom is 0.325 e. The lowest BCUT2D eigenvalue weighted by molar-refractivity contribution is -0.150. The van der Waals surface area contributed by atoms with Crippen molar-refractivity contribution in [2.45, 2.75) is 71.9 Å². The van der Waals surface area contributed by atoms with E-state index in [4.69, 9.17) is 15.2 Å². The van der Waals surface area contributed by atoms with Crippen molar-refractivity contribution in [3.63, 3.8) is 0 Å². The Balaban J connectivity index is 1.87. The fourth-order valence-corrected chi connectivity index (χ4v) is 4.19. The number of rotatable bonds is 6. The number of hydrogen-bond acceptors (Lipinski definition) is 4. The first-order valence-electron chi connectivity index (χ1n) is 8.23. The second kappa shape index (κ2) is 5.54. The Labute approximate surface area is 128 Å². The van der Waals surface area contributed by atoms with E-state index in [2.05, 4.69) is 20.8 Å². The van der Waals surface area contributed by atoms with Crippen molar-refractivity contribution < 1.29 is 14.3 Å². The van der Waals surface area contributed by atoms with E-state index in [0.717, 1.165) is 12.3 Å². The van der Waals surface area contributed by atoms with Gasteiger partial charge in [-0.05, 0) is 56.3 Å². The Morgan fingerprint density at radius 3 is 2.52 bits per heavy atom. The summed E-state index contributed by atoms with van der Waals surface area (Å²) in [4.78, 5) is 11.8. The predicted molar refractivity (Wildman–Crippen MR) is 82.8 cm³/mol. The summed E-state index contributed by atoms with van der Waals surface area (Å²) in [6, 6.07) is 0. The van der Waals surface area contributed by atoms with E-state index in [1.807, 2.05) is 0 Å². The zero-order valence-electron chi connectivity index (χ0n) is 14.2. The third-order valence-corrected chi connectivity index (χ3v) is 6.40. The fourth-order valence-electron chi connectivity index (χ4n) is 4.19. The van der Waals surface area contributed by atoms with Crippen LogP contribution in [0.1, 0.15) is 60.3 Å². The van der Waals surface area contributed by atoms with Crippen LogP contribution in [0.2, 0.25) is 0 Å². The molecule has 0 aromatic carbocycles. The van der Waals surface area contributed by atoms with E-state index in [1.165, 1.54) is 12.8 Å². The third kappa shape index (κ3) is 2.72. The van der Waals surface area contributed by atoms with Gasteiger partial charge in [-0.15, -0.1) is 0 Å². The van der Waals surface area contributed by atoms with Crippen molar-refractivity contribution in [2.24, 2.45) is 22.5 Å². The van der Waals surface area contributed by atoms with Crippen molar-refractivity contribution >= 4 is 5.97 Å². The summed E-state index contributed by atoms with van der Waals surface area (Å²) in [7, 11) is 0. The highest BCUT2D eigenvalue weighted by Crippen LogP contribution is 2.66. The van der Waals surface area contributed by atoms with Crippen LogP contribution in [0, 0.1) is 16.7 Å². The normalized spacial score (nSPS) is 36.5. The molecule has 4 nitrogen and oxygen atoms in total. The lowest BCUT2D eigenvalue weighted by Gasteiger charge is -2.39. The standard InChI is InChI=1S/C17H31NO3/c1-6-20-14(19)17(5,18)9-10-21-13-11-12-7-8-16(13,4)15(12,2)3/h12-13H,6-11,18H2,1-5H3. The van der Waals surface area contributed by atoms with Gasteiger partial charge in [0.2, 0.25) is 0 Å².